The molecule has 2 saturated heterocycles. The van der Waals surface area contributed by atoms with E-state index in [0.29, 0.717) is 12.8 Å². The molecule has 0 spiro atoms. The molecule has 0 unspecified atom stereocenters. The maximum atomic E-state index is 12.8. The third kappa shape index (κ3) is 2.72. The van der Waals surface area contributed by atoms with Crippen molar-refractivity contribution in [3.63, 3.8) is 0 Å². The van der Waals surface area contributed by atoms with Gasteiger partial charge in [-0.25, -0.2) is 0 Å². The van der Waals surface area contributed by atoms with E-state index in [-0.39, 0.29) is 30.0 Å². The summed E-state index contributed by atoms with van der Waals surface area (Å²) in [6.07, 6.45) is 5.43. The van der Waals surface area contributed by atoms with Crippen molar-refractivity contribution in [3.05, 3.63) is 82.9 Å². The van der Waals surface area contributed by atoms with Crippen molar-refractivity contribution < 1.29 is 14.3 Å². The number of benzene rings is 2. The number of carbonyl (C=O) groups is 1. The van der Waals surface area contributed by atoms with Crippen LogP contribution in [0.15, 0.2) is 60.7 Å². The Hall–Kier alpha value is -2.39. The number of fused-ring (bicyclic) bond motifs is 5. The van der Waals surface area contributed by atoms with E-state index in [9.17, 15) is 4.79 Å². The summed E-state index contributed by atoms with van der Waals surface area (Å²) in [4.78, 5) is 12.8. The highest BCUT2D eigenvalue weighted by atomic mass is 16.6. The molecule has 0 N–H and O–H groups in total. The van der Waals surface area contributed by atoms with Gasteiger partial charge in [-0.2, -0.15) is 0 Å². The third-order valence-corrected chi connectivity index (χ3v) is 6.33. The minimum absolute atomic E-state index is 0.0256. The van der Waals surface area contributed by atoms with Gasteiger partial charge in [0, 0.05) is 18.8 Å². The average Bonchev–Trinajstić information content (AvgIpc) is 3.33. The number of hydrogen-bond acceptors (Lipinski definition) is 3. The molecule has 0 amide bonds. The van der Waals surface area contributed by atoms with Crippen LogP contribution in [0.3, 0.4) is 0 Å². The van der Waals surface area contributed by atoms with E-state index in [0.717, 1.165) is 0 Å². The summed E-state index contributed by atoms with van der Waals surface area (Å²) in [5, 5.41) is 0. The Morgan fingerprint density at radius 3 is 1.89 bits per heavy atom. The topological polar surface area (TPSA) is 35.5 Å². The number of ether oxygens (including phenoxy) is 2. The molecule has 0 aromatic heterocycles. The lowest BCUT2D eigenvalue weighted by atomic mass is 9.70. The van der Waals surface area contributed by atoms with E-state index in [1.807, 2.05) is 6.08 Å². The second-order valence-corrected chi connectivity index (χ2v) is 8.31. The van der Waals surface area contributed by atoms with Gasteiger partial charge >= 0.3 is 5.97 Å². The fourth-order valence-corrected chi connectivity index (χ4v) is 5.03. The monoisotopic (exact) mass is 360 g/mol. The van der Waals surface area contributed by atoms with Crippen LogP contribution < -0.4 is 0 Å². The quantitative estimate of drug-likeness (QED) is 0.612. The second-order valence-electron chi connectivity index (χ2n) is 8.31. The van der Waals surface area contributed by atoms with Crippen molar-refractivity contribution in [3.8, 4) is 0 Å². The molecule has 27 heavy (non-hydrogen) atoms. The highest BCUT2D eigenvalue weighted by Crippen LogP contribution is 2.53. The molecule has 3 heterocycles. The Morgan fingerprint density at radius 1 is 0.815 bits per heavy atom. The molecule has 0 saturated carbocycles. The molecule has 0 aliphatic carbocycles. The summed E-state index contributed by atoms with van der Waals surface area (Å²) in [5.74, 6) is -0.199. The van der Waals surface area contributed by atoms with Crippen molar-refractivity contribution in [1.82, 2.24) is 0 Å². The zero-order valence-electron chi connectivity index (χ0n) is 15.7. The second kappa shape index (κ2) is 6.07. The summed E-state index contributed by atoms with van der Waals surface area (Å²) in [5.41, 5.74) is 4.31. The van der Waals surface area contributed by atoms with Crippen molar-refractivity contribution in [1.29, 1.82) is 0 Å². The van der Waals surface area contributed by atoms with Gasteiger partial charge in [0.2, 0.25) is 0 Å². The first-order valence-electron chi connectivity index (χ1n) is 9.72. The molecule has 5 rings (SSSR count). The lowest BCUT2D eigenvalue weighted by molar-refractivity contribution is -0.155. The van der Waals surface area contributed by atoms with Gasteiger partial charge in [0.1, 0.15) is 5.60 Å². The van der Waals surface area contributed by atoms with E-state index >= 15 is 0 Å². The Morgan fingerprint density at radius 2 is 1.33 bits per heavy atom. The number of carbonyl (C=O) groups excluding carboxylic acids is 1. The zero-order chi connectivity index (χ0) is 18.6. The third-order valence-electron chi connectivity index (χ3n) is 6.33. The minimum atomic E-state index is -0.559. The molecular weight excluding hydrogens is 336 g/mol. The largest absolute Gasteiger partial charge is 0.458 e. The van der Waals surface area contributed by atoms with E-state index in [1.54, 1.807) is 0 Å². The van der Waals surface area contributed by atoms with E-state index in [1.165, 1.54) is 22.3 Å². The Bertz CT molecular complexity index is 847. The summed E-state index contributed by atoms with van der Waals surface area (Å²) in [6, 6.07) is 17.1. The highest BCUT2D eigenvalue weighted by molar-refractivity contribution is 5.78. The van der Waals surface area contributed by atoms with Gasteiger partial charge in [-0.05, 0) is 25.0 Å². The van der Waals surface area contributed by atoms with E-state index < -0.39 is 5.60 Å². The van der Waals surface area contributed by atoms with Gasteiger partial charge in [-0.15, -0.1) is 0 Å². The molecule has 3 aliphatic heterocycles. The van der Waals surface area contributed by atoms with Crippen LogP contribution in [0.1, 0.15) is 22.3 Å². The van der Waals surface area contributed by atoms with Gasteiger partial charge in [-0.1, -0.05) is 71.8 Å². The summed E-state index contributed by atoms with van der Waals surface area (Å²) >= 11 is 0. The lowest BCUT2D eigenvalue weighted by Gasteiger charge is -2.35. The number of esters is 1. The van der Waals surface area contributed by atoms with Crippen LogP contribution >= 0.6 is 0 Å². The molecule has 3 heteroatoms. The maximum Gasteiger partial charge on any atom is 0.313 e. The molecule has 2 aromatic carbocycles. The van der Waals surface area contributed by atoms with Crippen LogP contribution in [0.5, 0.6) is 0 Å². The molecule has 4 atom stereocenters. The van der Waals surface area contributed by atoms with Gasteiger partial charge in [-0.3, -0.25) is 4.79 Å². The molecule has 3 nitrogen and oxygen atoms in total. The van der Waals surface area contributed by atoms with Crippen molar-refractivity contribution in [2.45, 2.75) is 44.5 Å². The summed E-state index contributed by atoms with van der Waals surface area (Å²) in [7, 11) is 0. The molecule has 0 radical (unpaired) electrons. The summed E-state index contributed by atoms with van der Waals surface area (Å²) in [6.45, 7) is 4.18. The fraction of sp³-hybridized carbons (Fsp3) is 0.375. The van der Waals surface area contributed by atoms with Gasteiger partial charge in [0.15, 0.2) is 0 Å². The predicted octanol–water partition coefficient (Wildman–Crippen LogP) is 3.95. The number of cyclic esters (lactones) is 1. The van der Waals surface area contributed by atoms with Crippen molar-refractivity contribution in [2.24, 2.45) is 11.8 Å². The Labute approximate surface area is 160 Å². The first-order chi connectivity index (χ1) is 13.0. The Kier molecular flexibility index (Phi) is 3.76. The fourth-order valence-electron chi connectivity index (χ4n) is 5.03. The van der Waals surface area contributed by atoms with Crippen LogP contribution in [0.25, 0.3) is 0 Å². The normalized spacial score (nSPS) is 29.8. The number of rotatable bonds is 4. The highest BCUT2D eigenvalue weighted by Gasteiger charge is 2.65. The van der Waals surface area contributed by atoms with Crippen LogP contribution in [-0.4, -0.2) is 23.8 Å². The molecule has 2 fully saturated rings. The lowest BCUT2D eigenvalue weighted by Crippen LogP contribution is -2.45. The van der Waals surface area contributed by atoms with Crippen molar-refractivity contribution >= 4 is 5.97 Å². The predicted molar refractivity (Wildman–Crippen MR) is 103 cm³/mol. The van der Waals surface area contributed by atoms with Crippen LogP contribution in [0, 0.1) is 25.7 Å². The van der Waals surface area contributed by atoms with Crippen molar-refractivity contribution in [2.75, 3.05) is 0 Å². The van der Waals surface area contributed by atoms with Crippen LogP contribution in [0.2, 0.25) is 0 Å². The molecule has 2 aromatic rings. The number of hydrogen-bond donors (Lipinski definition) is 0. The Balaban J connectivity index is 1.55. The van der Waals surface area contributed by atoms with Gasteiger partial charge < -0.3 is 9.47 Å². The summed E-state index contributed by atoms with van der Waals surface area (Å²) < 4.78 is 12.3. The molecule has 3 aliphatic rings. The zero-order valence-corrected chi connectivity index (χ0v) is 15.7. The first-order valence-corrected chi connectivity index (χ1v) is 9.72. The minimum Gasteiger partial charge on any atom is -0.458 e. The smallest absolute Gasteiger partial charge is 0.313 e. The molecular formula is C24H24O3. The van der Waals surface area contributed by atoms with Gasteiger partial charge in [0.25, 0.3) is 0 Å². The van der Waals surface area contributed by atoms with Gasteiger partial charge in [0.05, 0.1) is 18.1 Å². The maximum absolute atomic E-state index is 12.8. The molecule has 2 bridgehead atoms. The molecule has 138 valence electrons. The average molecular weight is 360 g/mol. The number of aryl methyl sites for hydroxylation is 2. The van der Waals surface area contributed by atoms with Crippen LogP contribution in [0.4, 0.5) is 0 Å². The van der Waals surface area contributed by atoms with E-state index in [2.05, 4.69) is 68.5 Å². The first kappa shape index (κ1) is 16.8. The van der Waals surface area contributed by atoms with Crippen LogP contribution in [-0.2, 0) is 27.1 Å². The SMILES string of the molecule is Cc1ccc(CC2(Cc3ccc(C)cc3)OC(=O)[C@H]3[C@@H]2[C@@H]2C=C[C@H]3O2)cc1. The van der Waals surface area contributed by atoms with E-state index in [4.69, 9.17) is 9.47 Å². The standard InChI is InChI=1S/C24H24O3/c1-15-3-7-17(8-4-15)13-24(14-18-9-5-16(2)6-10-18)22-20-12-11-19(26-20)21(22)23(25)27-24/h3-12,19-22H,13-14H2,1-2H3/t19-,20+,21-,22+/m1/s1.